The Morgan fingerprint density at radius 2 is 1.79 bits per heavy atom. The number of amides is 2. The van der Waals surface area contributed by atoms with E-state index >= 15 is 0 Å². The molecule has 9 heteroatoms. The number of hydrogen-bond donors (Lipinski definition) is 0. The maximum absolute atomic E-state index is 13.5. The molecule has 0 aliphatic carbocycles. The second-order valence-corrected chi connectivity index (χ2v) is 8.45. The van der Waals surface area contributed by atoms with Gasteiger partial charge in [-0.25, -0.2) is 4.39 Å². The molecule has 1 aromatic heterocycles. The summed E-state index contributed by atoms with van der Waals surface area (Å²) in [4.78, 5) is 31.8. The number of rotatable bonds is 5. The molecular formula is C25H26FN5O3. The number of benzene rings is 2. The number of para-hydroxylation sites is 2. The summed E-state index contributed by atoms with van der Waals surface area (Å²) in [6.45, 7) is 3.73. The first-order chi connectivity index (χ1) is 16.5. The van der Waals surface area contributed by atoms with Gasteiger partial charge in [-0.3, -0.25) is 14.3 Å². The maximum atomic E-state index is 13.5. The van der Waals surface area contributed by atoms with Crippen LogP contribution in [0.5, 0.6) is 5.75 Å². The van der Waals surface area contributed by atoms with Gasteiger partial charge in [-0.1, -0.05) is 24.3 Å². The third-order valence-electron chi connectivity index (χ3n) is 6.34. The minimum absolute atomic E-state index is 0.175. The molecule has 1 saturated heterocycles. The predicted molar refractivity (Wildman–Crippen MR) is 124 cm³/mol. The van der Waals surface area contributed by atoms with Crippen molar-refractivity contribution < 1.29 is 18.7 Å². The molecule has 3 aromatic rings. The second kappa shape index (κ2) is 9.17. The van der Waals surface area contributed by atoms with Crippen molar-refractivity contribution in [1.82, 2.24) is 19.6 Å². The van der Waals surface area contributed by atoms with E-state index in [2.05, 4.69) is 10.00 Å². The highest BCUT2D eigenvalue weighted by molar-refractivity contribution is 5.98. The highest BCUT2D eigenvalue weighted by Gasteiger charge is 2.30. The fraction of sp³-hybridized carbons (Fsp3) is 0.320. The molecule has 0 radical (unpaired) electrons. The van der Waals surface area contributed by atoms with Crippen LogP contribution in [-0.4, -0.2) is 71.2 Å². The zero-order valence-electron chi connectivity index (χ0n) is 19.0. The molecule has 0 saturated carbocycles. The van der Waals surface area contributed by atoms with Gasteiger partial charge < -0.3 is 19.4 Å². The lowest BCUT2D eigenvalue weighted by Crippen LogP contribution is -2.49. The van der Waals surface area contributed by atoms with Crippen molar-refractivity contribution in [3.63, 3.8) is 0 Å². The molecule has 8 nitrogen and oxygen atoms in total. The van der Waals surface area contributed by atoms with E-state index in [0.717, 1.165) is 17.0 Å². The van der Waals surface area contributed by atoms with E-state index in [4.69, 9.17) is 4.74 Å². The maximum Gasteiger partial charge on any atom is 0.274 e. The van der Waals surface area contributed by atoms with E-state index in [1.165, 1.54) is 12.1 Å². The Balaban J connectivity index is 1.25. The number of halogens is 1. The van der Waals surface area contributed by atoms with Crippen molar-refractivity contribution in [2.45, 2.75) is 13.1 Å². The normalized spacial score (nSPS) is 15.9. The van der Waals surface area contributed by atoms with E-state index in [-0.39, 0.29) is 23.3 Å². The second-order valence-electron chi connectivity index (χ2n) is 8.45. The lowest BCUT2D eigenvalue weighted by Gasteiger charge is -2.36. The standard InChI is InChI=1S/C25H26FN5O3/c1-34-23-8-3-2-7-21(23)28-9-11-29(12-10-28)24(32)20-16-22-25(33)30(13-14-31(22)27-20)17-18-5-4-6-19(26)15-18/h2-8,15-16H,9-14,17H2,1H3. The molecular weight excluding hydrogens is 437 g/mol. The van der Waals surface area contributed by atoms with Crippen LogP contribution >= 0.6 is 0 Å². The molecule has 176 valence electrons. The number of anilines is 1. The molecule has 0 bridgehead atoms. The Kier molecular flexibility index (Phi) is 5.91. The number of carbonyl (C=O) groups excluding carboxylic acids is 2. The number of hydrogen-bond acceptors (Lipinski definition) is 5. The molecule has 2 aromatic carbocycles. The molecule has 3 heterocycles. The Labute approximate surface area is 197 Å². The number of aromatic nitrogens is 2. The first-order valence-electron chi connectivity index (χ1n) is 11.3. The van der Waals surface area contributed by atoms with Crippen molar-refractivity contribution in [2.24, 2.45) is 0 Å². The quantitative estimate of drug-likeness (QED) is 0.582. The number of piperazine rings is 1. The summed E-state index contributed by atoms with van der Waals surface area (Å²) in [6, 6.07) is 15.7. The van der Waals surface area contributed by atoms with Crippen LogP contribution in [0.25, 0.3) is 0 Å². The van der Waals surface area contributed by atoms with E-state index in [1.807, 2.05) is 24.3 Å². The van der Waals surface area contributed by atoms with Crippen LogP contribution in [0.4, 0.5) is 10.1 Å². The molecule has 1 fully saturated rings. The minimum atomic E-state index is -0.328. The summed E-state index contributed by atoms with van der Waals surface area (Å²) in [6.07, 6.45) is 0. The lowest BCUT2D eigenvalue weighted by atomic mass is 10.1. The molecule has 2 aliphatic rings. The van der Waals surface area contributed by atoms with Gasteiger partial charge in [-0.15, -0.1) is 0 Å². The van der Waals surface area contributed by atoms with Crippen LogP contribution in [0.3, 0.4) is 0 Å². The van der Waals surface area contributed by atoms with Crippen molar-refractivity contribution in [3.8, 4) is 5.75 Å². The van der Waals surface area contributed by atoms with E-state index in [1.54, 1.807) is 39.8 Å². The average Bonchev–Trinajstić information content (AvgIpc) is 3.31. The Morgan fingerprint density at radius 3 is 2.56 bits per heavy atom. The Hall–Kier alpha value is -3.88. The van der Waals surface area contributed by atoms with E-state index < -0.39 is 0 Å². The fourth-order valence-electron chi connectivity index (χ4n) is 4.55. The summed E-state index contributed by atoms with van der Waals surface area (Å²) in [7, 11) is 1.65. The van der Waals surface area contributed by atoms with Gasteiger partial charge in [-0.05, 0) is 29.8 Å². The fourth-order valence-corrected chi connectivity index (χ4v) is 4.55. The zero-order valence-corrected chi connectivity index (χ0v) is 19.0. The van der Waals surface area contributed by atoms with Crippen molar-refractivity contribution >= 4 is 17.5 Å². The van der Waals surface area contributed by atoms with Crippen LogP contribution in [0.2, 0.25) is 0 Å². The van der Waals surface area contributed by atoms with Crippen molar-refractivity contribution in [3.05, 3.63) is 77.4 Å². The van der Waals surface area contributed by atoms with Crippen LogP contribution in [-0.2, 0) is 13.1 Å². The molecule has 0 N–H and O–H groups in total. The summed E-state index contributed by atoms with van der Waals surface area (Å²) in [5, 5.41) is 4.42. The largest absolute Gasteiger partial charge is 0.495 e. The molecule has 0 unspecified atom stereocenters. The van der Waals surface area contributed by atoms with E-state index in [0.29, 0.717) is 51.5 Å². The summed E-state index contributed by atoms with van der Waals surface area (Å²) in [5.74, 6) is 0.102. The van der Waals surface area contributed by atoms with Crippen LogP contribution in [0.1, 0.15) is 26.5 Å². The highest BCUT2D eigenvalue weighted by atomic mass is 19.1. The minimum Gasteiger partial charge on any atom is -0.495 e. The number of fused-ring (bicyclic) bond motifs is 1. The smallest absolute Gasteiger partial charge is 0.274 e. The molecule has 2 aliphatic heterocycles. The topological polar surface area (TPSA) is 70.9 Å². The molecule has 0 spiro atoms. The zero-order chi connectivity index (χ0) is 23.7. The first-order valence-corrected chi connectivity index (χ1v) is 11.3. The van der Waals surface area contributed by atoms with Gasteiger partial charge in [-0.2, -0.15) is 5.10 Å². The number of methoxy groups -OCH3 is 1. The predicted octanol–water partition coefficient (Wildman–Crippen LogP) is 2.65. The first kappa shape index (κ1) is 21.9. The van der Waals surface area contributed by atoms with Gasteiger partial charge in [0.25, 0.3) is 11.8 Å². The Bertz CT molecular complexity index is 1220. The van der Waals surface area contributed by atoms with E-state index in [9.17, 15) is 14.0 Å². The summed E-state index contributed by atoms with van der Waals surface area (Å²) in [5.41, 5.74) is 2.41. The third-order valence-corrected chi connectivity index (χ3v) is 6.34. The van der Waals surface area contributed by atoms with Crippen LogP contribution in [0, 0.1) is 5.82 Å². The van der Waals surface area contributed by atoms with Crippen LogP contribution in [0.15, 0.2) is 54.6 Å². The monoisotopic (exact) mass is 463 g/mol. The summed E-state index contributed by atoms with van der Waals surface area (Å²) >= 11 is 0. The van der Waals surface area contributed by atoms with Crippen LogP contribution < -0.4 is 9.64 Å². The van der Waals surface area contributed by atoms with Gasteiger partial charge in [0.05, 0.1) is 19.3 Å². The molecule has 5 rings (SSSR count). The highest BCUT2D eigenvalue weighted by Crippen LogP contribution is 2.28. The van der Waals surface area contributed by atoms with Gasteiger partial charge in [0.2, 0.25) is 0 Å². The molecule has 34 heavy (non-hydrogen) atoms. The third kappa shape index (κ3) is 4.21. The SMILES string of the molecule is COc1ccccc1N1CCN(C(=O)c2cc3n(n2)CCN(Cc2cccc(F)c2)C3=O)CC1. The van der Waals surface area contributed by atoms with Gasteiger partial charge in [0.1, 0.15) is 17.3 Å². The molecule has 2 amide bonds. The number of ether oxygens (including phenoxy) is 1. The van der Waals surface area contributed by atoms with Gasteiger partial charge in [0.15, 0.2) is 5.69 Å². The Morgan fingerprint density at radius 1 is 1.00 bits per heavy atom. The summed E-state index contributed by atoms with van der Waals surface area (Å²) < 4.78 is 20.6. The number of carbonyl (C=O) groups is 2. The number of nitrogens with zero attached hydrogens (tertiary/aromatic N) is 5. The molecule has 0 atom stereocenters. The van der Waals surface area contributed by atoms with Gasteiger partial charge >= 0.3 is 0 Å². The van der Waals surface area contributed by atoms with Gasteiger partial charge in [0, 0.05) is 45.3 Å². The van der Waals surface area contributed by atoms with Crippen molar-refractivity contribution in [2.75, 3.05) is 44.7 Å². The average molecular weight is 464 g/mol. The lowest BCUT2D eigenvalue weighted by molar-refractivity contribution is 0.0680. The van der Waals surface area contributed by atoms with Crippen molar-refractivity contribution in [1.29, 1.82) is 0 Å².